The van der Waals surface area contributed by atoms with E-state index < -0.39 is 28.1 Å². The zero-order valence-corrected chi connectivity index (χ0v) is 12.1. The second-order valence-electron chi connectivity index (χ2n) is 4.73. The van der Waals surface area contributed by atoms with Crippen LogP contribution in [0.4, 0.5) is 0 Å². The summed E-state index contributed by atoms with van der Waals surface area (Å²) in [6.45, 7) is 1.78. The first-order chi connectivity index (χ1) is 9.36. The van der Waals surface area contributed by atoms with Crippen LogP contribution in [0, 0.1) is 13.0 Å². The van der Waals surface area contributed by atoms with Crippen molar-refractivity contribution in [2.45, 2.75) is 30.4 Å². The van der Waals surface area contributed by atoms with E-state index in [1.54, 1.807) is 6.92 Å². The molecule has 1 N–H and O–H groups in total. The number of carbonyl (C=O) groups is 1. The number of methoxy groups -OCH3 is 1. The summed E-state index contributed by atoms with van der Waals surface area (Å²) in [6, 6.07) is 6.19. The van der Waals surface area contributed by atoms with Gasteiger partial charge in [-0.2, -0.15) is 4.31 Å². The molecule has 1 aromatic carbocycles. The first kappa shape index (κ1) is 15.0. The summed E-state index contributed by atoms with van der Waals surface area (Å²) >= 11 is 0. The van der Waals surface area contributed by atoms with Gasteiger partial charge in [0.25, 0.3) is 0 Å². The normalized spacial score (nSPS) is 23.9. The van der Waals surface area contributed by atoms with Gasteiger partial charge in [0.1, 0.15) is 6.04 Å². The highest BCUT2D eigenvalue weighted by Crippen LogP contribution is 2.28. The fourth-order valence-corrected chi connectivity index (χ4v) is 3.99. The molecule has 0 aliphatic carbocycles. The topological polar surface area (TPSA) is 83.9 Å². The molecule has 0 saturated carbocycles. The number of rotatable bonds is 4. The van der Waals surface area contributed by atoms with E-state index >= 15 is 0 Å². The third-order valence-corrected chi connectivity index (χ3v) is 5.23. The Morgan fingerprint density at radius 1 is 1.55 bits per heavy atom. The first-order valence-electron chi connectivity index (χ1n) is 6.12. The minimum absolute atomic E-state index is 0.0491. The van der Waals surface area contributed by atoms with Crippen LogP contribution in [0.3, 0.4) is 0 Å². The van der Waals surface area contributed by atoms with E-state index in [1.807, 2.05) is 0 Å². The monoisotopic (exact) mass is 298 g/mol. The van der Waals surface area contributed by atoms with Gasteiger partial charge in [0.05, 0.1) is 11.0 Å². The molecule has 0 amide bonds. The van der Waals surface area contributed by atoms with Crippen LogP contribution in [-0.2, 0) is 19.6 Å². The van der Waals surface area contributed by atoms with Crippen LogP contribution >= 0.6 is 0 Å². The molecule has 1 heterocycles. The molecule has 2 atom stereocenters. The van der Waals surface area contributed by atoms with E-state index in [4.69, 9.17) is 4.74 Å². The van der Waals surface area contributed by atoms with Gasteiger partial charge in [0.15, 0.2) is 0 Å². The van der Waals surface area contributed by atoms with Gasteiger partial charge in [-0.3, -0.25) is 4.79 Å². The van der Waals surface area contributed by atoms with Crippen LogP contribution in [0.5, 0.6) is 0 Å². The van der Waals surface area contributed by atoms with Gasteiger partial charge < -0.3 is 9.84 Å². The van der Waals surface area contributed by atoms with Gasteiger partial charge in [0.2, 0.25) is 10.0 Å². The van der Waals surface area contributed by atoms with E-state index in [-0.39, 0.29) is 17.9 Å². The van der Waals surface area contributed by atoms with E-state index in [1.165, 1.54) is 25.3 Å². The summed E-state index contributed by atoms with van der Waals surface area (Å²) in [7, 11) is -2.40. The van der Waals surface area contributed by atoms with Crippen molar-refractivity contribution in [2.75, 3.05) is 13.7 Å². The number of benzene rings is 1. The molecule has 1 fully saturated rings. The highest BCUT2D eigenvalue weighted by Gasteiger charge is 2.44. The van der Waals surface area contributed by atoms with Crippen molar-refractivity contribution < 1.29 is 23.1 Å². The number of sulfonamides is 1. The van der Waals surface area contributed by atoms with Crippen molar-refractivity contribution in [3.63, 3.8) is 0 Å². The Balaban J connectivity index is 2.39. The highest BCUT2D eigenvalue weighted by atomic mass is 32.2. The summed E-state index contributed by atoms with van der Waals surface area (Å²) < 4.78 is 31.2. The van der Waals surface area contributed by atoms with Gasteiger partial charge >= 0.3 is 5.97 Å². The second-order valence-corrected chi connectivity index (χ2v) is 6.62. The minimum atomic E-state index is -3.85. The average molecular weight is 298 g/mol. The van der Waals surface area contributed by atoms with Crippen molar-refractivity contribution in [2.24, 2.45) is 0 Å². The Kier molecular flexibility index (Phi) is 4.12. The van der Waals surface area contributed by atoms with E-state index in [2.05, 4.69) is 6.07 Å². The number of carboxylic acid groups (broad SMARTS) is 1. The molecule has 0 spiro atoms. The zero-order valence-electron chi connectivity index (χ0n) is 11.2. The molecule has 6 nitrogen and oxygen atoms in total. The summed E-state index contributed by atoms with van der Waals surface area (Å²) in [6.07, 6.45) is -0.245. The maximum atomic E-state index is 12.6. The number of carboxylic acids is 1. The van der Waals surface area contributed by atoms with Crippen LogP contribution in [-0.4, -0.2) is 49.6 Å². The molecule has 0 bridgehead atoms. The Hall–Kier alpha value is -1.44. The number of hydrogen-bond acceptors (Lipinski definition) is 4. The molecule has 1 aliphatic rings. The second kappa shape index (κ2) is 5.51. The number of nitrogens with zero attached hydrogens (tertiary/aromatic N) is 1. The third kappa shape index (κ3) is 2.70. The highest BCUT2D eigenvalue weighted by molar-refractivity contribution is 7.89. The Morgan fingerprint density at radius 2 is 2.25 bits per heavy atom. The lowest BCUT2D eigenvalue weighted by Crippen LogP contribution is -2.40. The largest absolute Gasteiger partial charge is 0.480 e. The number of aliphatic carboxylic acids is 1. The number of hydrogen-bond donors (Lipinski definition) is 1. The lowest BCUT2D eigenvalue weighted by molar-refractivity contribution is -0.140. The maximum absolute atomic E-state index is 12.6. The predicted octanol–water partition coefficient (Wildman–Crippen LogP) is 0.658. The van der Waals surface area contributed by atoms with E-state index in [0.717, 1.165) is 4.31 Å². The standard InChI is InChI=1S/C13H16NO5S/c1-9-4-3-5-11(6-9)20(17,18)14-8-10(19-2)7-12(14)13(15)16/h3,5-6,10,12H,7-8H2,1-2H3,(H,15,16)/t10-,12-/m1/s1. The smallest absolute Gasteiger partial charge is 0.322 e. The van der Waals surface area contributed by atoms with Gasteiger partial charge in [-0.1, -0.05) is 6.07 Å². The molecule has 7 heteroatoms. The lowest BCUT2D eigenvalue weighted by Gasteiger charge is -2.20. The van der Waals surface area contributed by atoms with Gasteiger partial charge in [0, 0.05) is 20.1 Å². The van der Waals surface area contributed by atoms with E-state index in [9.17, 15) is 18.3 Å². The van der Waals surface area contributed by atoms with Crippen LogP contribution < -0.4 is 0 Å². The SMILES string of the molecule is CO[C@@H]1C[C@H](C(=O)O)N(S(=O)(=O)c2cc[c]c(C)c2)C1. The third-order valence-electron chi connectivity index (χ3n) is 3.36. The molecule has 1 radical (unpaired) electrons. The van der Waals surface area contributed by atoms with E-state index in [0.29, 0.717) is 5.56 Å². The van der Waals surface area contributed by atoms with Crippen molar-refractivity contribution in [1.29, 1.82) is 0 Å². The van der Waals surface area contributed by atoms with Gasteiger partial charge in [-0.25, -0.2) is 8.42 Å². The molecular formula is C13H16NO5S. The fourth-order valence-electron chi connectivity index (χ4n) is 2.28. The molecular weight excluding hydrogens is 282 g/mol. The molecule has 1 aromatic rings. The van der Waals surface area contributed by atoms with Gasteiger partial charge in [-0.05, 0) is 30.7 Å². The summed E-state index contributed by atoms with van der Waals surface area (Å²) in [5.41, 5.74) is 0.681. The lowest BCUT2D eigenvalue weighted by atomic mass is 10.2. The summed E-state index contributed by atoms with van der Waals surface area (Å²) in [5.74, 6) is -1.16. The Bertz CT molecular complexity index is 613. The van der Waals surface area contributed by atoms with Crippen LogP contribution in [0.1, 0.15) is 12.0 Å². The summed E-state index contributed by atoms with van der Waals surface area (Å²) in [4.78, 5) is 11.3. The van der Waals surface area contributed by atoms with Crippen LogP contribution in [0.15, 0.2) is 23.1 Å². The predicted molar refractivity (Wildman–Crippen MR) is 70.7 cm³/mol. The molecule has 0 unspecified atom stereocenters. The number of ether oxygens (including phenoxy) is 1. The minimum Gasteiger partial charge on any atom is -0.480 e. The van der Waals surface area contributed by atoms with Crippen molar-refractivity contribution in [3.05, 3.63) is 29.8 Å². The van der Waals surface area contributed by atoms with Crippen molar-refractivity contribution >= 4 is 16.0 Å². The zero-order chi connectivity index (χ0) is 14.9. The first-order valence-corrected chi connectivity index (χ1v) is 7.56. The summed E-state index contributed by atoms with van der Waals surface area (Å²) in [5, 5.41) is 9.19. The Labute approximate surface area is 118 Å². The molecule has 20 heavy (non-hydrogen) atoms. The molecule has 1 saturated heterocycles. The fraction of sp³-hybridized carbons (Fsp3) is 0.462. The Morgan fingerprint density at radius 3 is 2.80 bits per heavy atom. The molecule has 0 aromatic heterocycles. The van der Waals surface area contributed by atoms with Crippen LogP contribution in [0.25, 0.3) is 0 Å². The quantitative estimate of drug-likeness (QED) is 0.882. The average Bonchev–Trinajstić information content (AvgIpc) is 2.83. The molecule has 2 rings (SSSR count). The van der Waals surface area contributed by atoms with Crippen molar-refractivity contribution in [3.8, 4) is 0 Å². The molecule has 109 valence electrons. The number of aryl methyl sites for hydroxylation is 1. The van der Waals surface area contributed by atoms with Gasteiger partial charge in [-0.15, -0.1) is 0 Å². The maximum Gasteiger partial charge on any atom is 0.322 e. The van der Waals surface area contributed by atoms with Crippen molar-refractivity contribution in [1.82, 2.24) is 4.31 Å². The van der Waals surface area contributed by atoms with Crippen LogP contribution in [0.2, 0.25) is 0 Å². The molecule has 1 aliphatic heterocycles.